The van der Waals surface area contributed by atoms with Crippen molar-refractivity contribution in [1.82, 2.24) is 0 Å². The lowest BCUT2D eigenvalue weighted by Gasteiger charge is -2.15. The van der Waals surface area contributed by atoms with Crippen LogP contribution in [0.15, 0.2) is 47.1 Å². The average molecular weight is 340 g/mol. The summed E-state index contributed by atoms with van der Waals surface area (Å²) >= 11 is 0. The first-order valence-electron chi connectivity index (χ1n) is 7.82. The molecule has 4 rings (SSSR count). The number of ketones is 1. The summed E-state index contributed by atoms with van der Waals surface area (Å²) in [6.07, 6.45) is 0.493. The summed E-state index contributed by atoms with van der Waals surface area (Å²) in [5, 5.41) is 11.3. The van der Waals surface area contributed by atoms with Gasteiger partial charge < -0.3 is 23.7 Å². The third-order valence-corrected chi connectivity index (χ3v) is 4.25. The van der Waals surface area contributed by atoms with Gasteiger partial charge in [0.1, 0.15) is 11.3 Å². The van der Waals surface area contributed by atoms with Crippen LogP contribution in [0.1, 0.15) is 28.4 Å². The van der Waals surface area contributed by atoms with Crippen LogP contribution in [-0.2, 0) is 0 Å². The van der Waals surface area contributed by atoms with Gasteiger partial charge in [-0.2, -0.15) is 0 Å². The van der Waals surface area contributed by atoms with Crippen LogP contribution in [0.3, 0.4) is 0 Å². The van der Waals surface area contributed by atoms with Crippen molar-refractivity contribution in [2.75, 3.05) is 13.9 Å². The van der Waals surface area contributed by atoms with Crippen LogP contribution < -0.4 is 14.2 Å². The summed E-state index contributed by atoms with van der Waals surface area (Å²) in [7, 11) is 1.53. The molecule has 0 radical (unpaired) electrons. The Morgan fingerprint density at radius 2 is 2.04 bits per heavy atom. The number of carbonyl (C=O) groups is 1. The molecule has 2 aromatic carbocycles. The van der Waals surface area contributed by atoms with Crippen molar-refractivity contribution in [3.05, 3.63) is 53.8 Å². The number of rotatable bonds is 5. The van der Waals surface area contributed by atoms with Crippen molar-refractivity contribution in [2.45, 2.75) is 12.5 Å². The van der Waals surface area contributed by atoms with Gasteiger partial charge in [0, 0.05) is 17.5 Å². The second-order valence-corrected chi connectivity index (χ2v) is 5.73. The minimum absolute atomic E-state index is 0.0701. The van der Waals surface area contributed by atoms with Gasteiger partial charge >= 0.3 is 0 Å². The van der Waals surface area contributed by atoms with E-state index in [-0.39, 0.29) is 19.0 Å². The molecule has 0 spiro atoms. The maximum atomic E-state index is 12.5. The highest BCUT2D eigenvalue weighted by molar-refractivity contribution is 5.97. The minimum Gasteiger partial charge on any atom is -0.496 e. The van der Waals surface area contributed by atoms with Crippen LogP contribution >= 0.6 is 0 Å². The molecule has 128 valence electrons. The number of hydrogen-bond acceptors (Lipinski definition) is 6. The van der Waals surface area contributed by atoms with Gasteiger partial charge in [-0.3, -0.25) is 4.79 Å². The largest absolute Gasteiger partial charge is 0.496 e. The van der Waals surface area contributed by atoms with Crippen LogP contribution in [0.25, 0.3) is 11.0 Å². The highest BCUT2D eigenvalue weighted by atomic mass is 16.7. The number of fused-ring (bicyclic) bond motifs is 2. The molecule has 1 unspecified atom stereocenters. The second kappa shape index (κ2) is 6.14. The molecule has 6 heteroatoms. The number of ether oxygens (including phenoxy) is 3. The first-order chi connectivity index (χ1) is 12.2. The van der Waals surface area contributed by atoms with E-state index >= 15 is 0 Å². The minimum atomic E-state index is -0.993. The first-order valence-corrected chi connectivity index (χ1v) is 7.82. The number of hydrogen-bond donors (Lipinski definition) is 1. The van der Waals surface area contributed by atoms with E-state index in [1.807, 2.05) is 0 Å². The van der Waals surface area contributed by atoms with Gasteiger partial charge in [0.25, 0.3) is 0 Å². The molecular weight excluding hydrogens is 324 g/mol. The molecule has 6 nitrogen and oxygen atoms in total. The molecule has 0 amide bonds. The number of aliphatic hydroxyl groups excluding tert-OH is 1. The summed E-state index contributed by atoms with van der Waals surface area (Å²) in [5.74, 6) is 1.47. The third-order valence-electron chi connectivity index (χ3n) is 4.25. The Hall–Kier alpha value is -2.99. The van der Waals surface area contributed by atoms with Gasteiger partial charge in [0.15, 0.2) is 17.3 Å². The summed E-state index contributed by atoms with van der Waals surface area (Å²) in [4.78, 5) is 12.5. The predicted molar refractivity (Wildman–Crippen MR) is 89.2 cm³/mol. The topological polar surface area (TPSA) is 78.1 Å². The van der Waals surface area contributed by atoms with Crippen LogP contribution in [0.2, 0.25) is 0 Å². The predicted octanol–water partition coefficient (Wildman–Crippen LogP) is 3.48. The summed E-state index contributed by atoms with van der Waals surface area (Å²) in [6.45, 7) is 0.150. The van der Waals surface area contributed by atoms with Gasteiger partial charge in [-0.05, 0) is 36.4 Å². The highest BCUT2D eigenvalue weighted by Crippen LogP contribution is 2.37. The van der Waals surface area contributed by atoms with E-state index in [4.69, 9.17) is 18.6 Å². The summed E-state index contributed by atoms with van der Waals surface area (Å²) in [5.41, 5.74) is 1.67. The van der Waals surface area contributed by atoms with E-state index in [9.17, 15) is 9.90 Å². The van der Waals surface area contributed by atoms with E-state index < -0.39 is 6.10 Å². The molecule has 0 aliphatic carbocycles. The van der Waals surface area contributed by atoms with Gasteiger partial charge in [-0.1, -0.05) is 0 Å². The molecule has 0 saturated carbocycles. The van der Waals surface area contributed by atoms with Crippen LogP contribution in [0.5, 0.6) is 17.2 Å². The molecule has 1 aliphatic heterocycles. The average Bonchev–Trinajstić information content (AvgIpc) is 3.28. The Kier molecular flexibility index (Phi) is 3.82. The van der Waals surface area contributed by atoms with Crippen molar-refractivity contribution in [1.29, 1.82) is 0 Å². The lowest BCUT2D eigenvalue weighted by molar-refractivity contribution is 0.0876. The van der Waals surface area contributed by atoms with E-state index in [1.165, 1.54) is 7.11 Å². The zero-order valence-corrected chi connectivity index (χ0v) is 13.5. The van der Waals surface area contributed by atoms with E-state index in [0.29, 0.717) is 34.0 Å². The molecule has 25 heavy (non-hydrogen) atoms. The molecule has 1 aromatic heterocycles. The third kappa shape index (κ3) is 2.70. The molecule has 1 N–H and O–H groups in total. The van der Waals surface area contributed by atoms with Gasteiger partial charge in [-0.15, -0.1) is 0 Å². The molecular formula is C19H16O6. The number of Topliss-reactive ketones (excluding diaryl/α,β-unsaturated/α-hetero) is 1. The van der Waals surface area contributed by atoms with E-state index in [0.717, 1.165) is 5.39 Å². The summed E-state index contributed by atoms with van der Waals surface area (Å²) < 4.78 is 21.3. The van der Waals surface area contributed by atoms with Crippen molar-refractivity contribution in [3.63, 3.8) is 0 Å². The van der Waals surface area contributed by atoms with E-state index in [2.05, 4.69) is 0 Å². The molecule has 0 bridgehead atoms. The van der Waals surface area contributed by atoms with Gasteiger partial charge in [-0.25, -0.2) is 0 Å². The lowest BCUT2D eigenvalue weighted by Crippen LogP contribution is -2.08. The SMILES string of the molecule is COc1c(C(O)CC(=O)c2ccc3c(c2)OCO3)ccc2occc12. The van der Waals surface area contributed by atoms with Crippen molar-refractivity contribution in [3.8, 4) is 17.2 Å². The normalized spacial score (nSPS) is 13.8. The fourth-order valence-electron chi connectivity index (χ4n) is 3.00. The van der Waals surface area contributed by atoms with Gasteiger partial charge in [0.2, 0.25) is 6.79 Å². The second-order valence-electron chi connectivity index (χ2n) is 5.73. The van der Waals surface area contributed by atoms with E-state index in [1.54, 1.807) is 42.7 Å². The molecule has 2 heterocycles. The molecule has 1 atom stereocenters. The van der Waals surface area contributed by atoms with Crippen molar-refractivity contribution < 1.29 is 28.5 Å². The van der Waals surface area contributed by atoms with Crippen molar-refractivity contribution in [2.24, 2.45) is 0 Å². The highest BCUT2D eigenvalue weighted by Gasteiger charge is 2.22. The molecule has 1 aliphatic rings. The zero-order chi connectivity index (χ0) is 17.4. The molecule has 0 fully saturated rings. The van der Waals surface area contributed by atoms with Crippen LogP contribution in [0.4, 0.5) is 0 Å². The van der Waals surface area contributed by atoms with Gasteiger partial charge in [0.05, 0.1) is 24.9 Å². The summed E-state index contributed by atoms with van der Waals surface area (Å²) in [6, 6.07) is 10.2. The number of carbonyl (C=O) groups excluding carboxylic acids is 1. The monoisotopic (exact) mass is 340 g/mol. The standard InChI is InChI=1S/C19H16O6/c1-22-19-12(3-5-16-13(19)6-7-23-16)15(21)9-14(20)11-2-4-17-18(8-11)25-10-24-17/h2-8,15,21H,9-10H2,1H3. The van der Waals surface area contributed by atoms with Crippen molar-refractivity contribution >= 4 is 16.8 Å². The smallest absolute Gasteiger partial charge is 0.231 e. The first kappa shape index (κ1) is 15.5. The Morgan fingerprint density at radius 3 is 2.88 bits per heavy atom. The number of furan rings is 1. The molecule has 0 saturated heterocycles. The Balaban J connectivity index is 1.59. The fourth-order valence-corrected chi connectivity index (χ4v) is 3.00. The zero-order valence-electron chi connectivity index (χ0n) is 13.5. The lowest BCUT2D eigenvalue weighted by atomic mass is 9.98. The van der Waals surface area contributed by atoms with Crippen LogP contribution in [-0.4, -0.2) is 24.8 Å². The maximum absolute atomic E-state index is 12.5. The Morgan fingerprint density at radius 1 is 1.20 bits per heavy atom. The number of aliphatic hydroxyl groups is 1. The molecule has 3 aromatic rings. The van der Waals surface area contributed by atoms with Crippen LogP contribution in [0, 0.1) is 0 Å². The Labute approximate surface area is 143 Å². The maximum Gasteiger partial charge on any atom is 0.231 e. The fraction of sp³-hybridized carbons (Fsp3) is 0.211. The quantitative estimate of drug-likeness (QED) is 0.717. The Bertz CT molecular complexity index is 942. The number of benzene rings is 2. The number of methoxy groups -OCH3 is 1.